The normalized spacial score (nSPS) is 17.9. The van der Waals surface area contributed by atoms with Crippen molar-refractivity contribution >= 4 is 5.69 Å². The smallest absolute Gasteiger partial charge is 0.384 e. The van der Waals surface area contributed by atoms with E-state index in [9.17, 15) is 13.2 Å². The molecule has 1 aromatic rings. The summed E-state index contributed by atoms with van der Waals surface area (Å²) in [5.41, 5.74) is 5.13. The molecule has 0 radical (unpaired) electrons. The number of para-hydroxylation sites is 1. The van der Waals surface area contributed by atoms with E-state index in [1.54, 1.807) is 6.07 Å². The first kappa shape index (κ1) is 12.2. The van der Waals surface area contributed by atoms with Gasteiger partial charge in [0.15, 0.2) is 0 Å². The number of hydrogen-bond acceptors (Lipinski definition) is 2. The van der Waals surface area contributed by atoms with Crippen molar-refractivity contribution in [3.05, 3.63) is 29.8 Å². The summed E-state index contributed by atoms with van der Waals surface area (Å²) in [5, 5.41) is 2.87. The van der Waals surface area contributed by atoms with E-state index in [1.807, 2.05) is 0 Å². The Morgan fingerprint density at radius 1 is 1.24 bits per heavy atom. The van der Waals surface area contributed by atoms with Gasteiger partial charge in [0.25, 0.3) is 0 Å². The number of nitrogens with two attached hydrogens (primary N) is 1. The highest BCUT2D eigenvalue weighted by molar-refractivity contribution is 5.52. The summed E-state index contributed by atoms with van der Waals surface area (Å²) in [6, 6.07) is 5.53. The van der Waals surface area contributed by atoms with Gasteiger partial charge in [-0.25, -0.2) is 0 Å². The number of alkyl halides is 3. The van der Waals surface area contributed by atoms with E-state index in [1.165, 1.54) is 12.1 Å². The van der Waals surface area contributed by atoms with Gasteiger partial charge in [-0.15, -0.1) is 0 Å². The van der Waals surface area contributed by atoms with E-state index in [-0.39, 0.29) is 11.1 Å². The molecule has 0 aliphatic heterocycles. The second-order valence-corrected chi connectivity index (χ2v) is 4.60. The third-order valence-corrected chi connectivity index (χ3v) is 3.28. The van der Waals surface area contributed by atoms with Crippen molar-refractivity contribution in [1.82, 2.24) is 0 Å². The Kier molecular flexibility index (Phi) is 3.03. The van der Waals surface area contributed by atoms with Gasteiger partial charge >= 0.3 is 6.18 Å². The summed E-state index contributed by atoms with van der Waals surface area (Å²) >= 11 is 0. The number of nitrogens with one attached hydrogen (secondary N) is 1. The highest BCUT2D eigenvalue weighted by Gasteiger charge is 2.41. The molecule has 0 atom stereocenters. The molecule has 0 heterocycles. The predicted molar refractivity (Wildman–Crippen MR) is 60.7 cm³/mol. The maximum atomic E-state index is 12.7. The van der Waals surface area contributed by atoms with Crippen LogP contribution in [-0.2, 0) is 6.18 Å². The standard InChI is InChI=1S/C12H15F3N2/c13-12(14,15)9-3-1-2-4-10(9)17-8-11(7-16)5-6-11/h1-4,17H,5-8,16H2. The van der Waals surface area contributed by atoms with Crippen LogP contribution in [0.25, 0.3) is 0 Å². The van der Waals surface area contributed by atoms with E-state index in [4.69, 9.17) is 5.73 Å². The summed E-state index contributed by atoms with van der Waals surface area (Å²) in [6.45, 7) is 1.03. The Morgan fingerprint density at radius 2 is 1.88 bits per heavy atom. The molecule has 0 spiro atoms. The van der Waals surface area contributed by atoms with Gasteiger partial charge in [0.2, 0.25) is 0 Å². The lowest BCUT2D eigenvalue weighted by Gasteiger charge is -2.18. The summed E-state index contributed by atoms with van der Waals surface area (Å²) in [6.07, 6.45) is -2.33. The first-order valence-corrected chi connectivity index (χ1v) is 5.57. The summed E-state index contributed by atoms with van der Waals surface area (Å²) in [7, 11) is 0. The molecule has 0 amide bonds. The molecule has 0 bridgehead atoms. The number of benzene rings is 1. The number of halogens is 3. The average molecular weight is 244 g/mol. The van der Waals surface area contributed by atoms with E-state index in [2.05, 4.69) is 5.32 Å². The molecule has 0 unspecified atom stereocenters. The second kappa shape index (κ2) is 4.22. The van der Waals surface area contributed by atoms with E-state index >= 15 is 0 Å². The molecule has 1 aliphatic rings. The third kappa shape index (κ3) is 2.72. The molecule has 2 nitrogen and oxygen atoms in total. The van der Waals surface area contributed by atoms with Gasteiger partial charge in [-0.05, 0) is 36.9 Å². The molecular weight excluding hydrogens is 229 g/mol. The largest absolute Gasteiger partial charge is 0.418 e. The highest BCUT2D eigenvalue weighted by Crippen LogP contribution is 2.45. The molecule has 1 aliphatic carbocycles. The monoisotopic (exact) mass is 244 g/mol. The molecule has 2 rings (SSSR count). The molecular formula is C12H15F3N2. The Morgan fingerprint density at radius 3 is 2.41 bits per heavy atom. The topological polar surface area (TPSA) is 38.0 Å². The van der Waals surface area contributed by atoms with Crippen molar-refractivity contribution < 1.29 is 13.2 Å². The van der Waals surface area contributed by atoms with Crippen LogP contribution in [0.3, 0.4) is 0 Å². The zero-order valence-electron chi connectivity index (χ0n) is 9.35. The van der Waals surface area contributed by atoms with Gasteiger partial charge in [-0.3, -0.25) is 0 Å². The highest BCUT2D eigenvalue weighted by atomic mass is 19.4. The van der Waals surface area contributed by atoms with Gasteiger partial charge in [-0.1, -0.05) is 12.1 Å². The zero-order valence-corrected chi connectivity index (χ0v) is 9.35. The SMILES string of the molecule is NCC1(CNc2ccccc2C(F)(F)F)CC1. The Labute approximate surface area is 98.0 Å². The maximum Gasteiger partial charge on any atom is 0.418 e. The fraction of sp³-hybridized carbons (Fsp3) is 0.500. The van der Waals surface area contributed by atoms with Crippen molar-refractivity contribution in [2.45, 2.75) is 19.0 Å². The van der Waals surface area contributed by atoms with E-state index in [0.29, 0.717) is 13.1 Å². The van der Waals surface area contributed by atoms with Gasteiger partial charge < -0.3 is 11.1 Å². The van der Waals surface area contributed by atoms with Gasteiger partial charge in [0.1, 0.15) is 0 Å². The van der Waals surface area contributed by atoms with Gasteiger partial charge in [0, 0.05) is 12.2 Å². The molecule has 1 fully saturated rings. The maximum absolute atomic E-state index is 12.7. The zero-order chi connectivity index (χ0) is 12.5. The minimum atomic E-state index is -4.32. The average Bonchev–Trinajstić information content (AvgIpc) is 3.06. The minimum Gasteiger partial charge on any atom is -0.384 e. The van der Waals surface area contributed by atoms with Gasteiger partial charge in [-0.2, -0.15) is 13.2 Å². The van der Waals surface area contributed by atoms with Crippen LogP contribution in [0.1, 0.15) is 18.4 Å². The van der Waals surface area contributed by atoms with Crippen molar-refractivity contribution in [1.29, 1.82) is 0 Å². The number of hydrogen-bond donors (Lipinski definition) is 2. The van der Waals surface area contributed by atoms with Crippen LogP contribution in [0.5, 0.6) is 0 Å². The van der Waals surface area contributed by atoms with Crippen LogP contribution in [0.2, 0.25) is 0 Å². The fourth-order valence-corrected chi connectivity index (χ4v) is 1.80. The molecule has 0 aromatic heterocycles. The second-order valence-electron chi connectivity index (χ2n) is 4.60. The number of anilines is 1. The summed E-state index contributed by atoms with van der Waals surface area (Å²) < 4.78 is 38.1. The molecule has 5 heteroatoms. The number of rotatable bonds is 4. The quantitative estimate of drug-likeness (QED) is 0.854. The molecule has 3 N–H and O–H groups in total. The van der Waals surface area contributed by atoms with Crippen LogP contribution < -0.4 is 11.1 Å². The minimum absolute atomic E-state index is 0.0126. The van der Waals surface area contributed by atoms with E-state index < -0.39 is 11.7 Å². The van der Waals surface area contributed by atoms with Crippen molar-refractivity contribution in [3.8, 4) is 0 Å². The van der Waals surface area contributed by atoms with Crippen LogP contribution in [0, 0.1) is 5.41 Å². The van der Waals surface area contributed by atoms with Crippen LogP contribution in [0.4, 0.5) is 18.9 Å². The van der Waals surface area contributed by atoms with Crippen LogP contribution in [0.15, 0.2) is 24.3 Å². The Bertz CT molecular complexity index is 397. The molecule has 1 saturated carbocycles. The van der Waals surface area contributed by atoms with Crippen LogP contribution >= 0.6 is 0 Å². The lowest BCUT2D eigenvalue weighted by Crippen LogP contribution is -2.25. The van der Waals surface area contributed by atoms with Crippen LogP contribution in [-0.4, -0.2) is 13.1 Å². The van der Waals surface area contributed by atoms with Crippen molar-refractivity contribution in [3.63, 3.8) is 0 Å². The predicted octanol–water partition coefficient (Wildman–Crippen LogP) is 2.86. The molecule has 1 aromatic carbocycles. The first-order valence-electron chi connectivity index (χ1n) is 5.57. The fourth-order valence-electron chi connectivity index (χ4n) is 1.80. The molecule has 17 heavy (non-hydrogen) atoms. The van der Waals surface area contributed by atoms with Crippen molar-refractivity contribution in [2.24, 2.45) is 11.1 Å². The lowest BCUT2D eigenvalue weighted by atomic mass is 10.1. The molecule has 0 saturated heterocycles. The van der Waals surface area contributed by atoms with E-state index in [0.717, 1.165) is 18.9 Å². The van der Waals surface area contributed by atoms with Crippen molar-refractivity contribution in [2.75, 3.05) is 18.4 Å². The summed E-state index contributed by atoms with van der Waals surface area (Å²) in [5.74, 6) is 0. The van der Waals surface area contributed by atoms with Gasteiger partial charge in [0.05, 0.1) is 5.56 Å². The third-order valence-electron chi connectivity index (χ3n) is 3.28. The Balaban J connectivity index is 2.10. The lowest BCUT2D eigenvalue weighted by molar-refractivity contribution is -0.137. The Hall–Kier alpha value is -1.23. The first-order chi connectivity index (χ1) is 7.97. The molecule has 94 valence electrons. The summed E-state index contributed by atoms with van der Waals surface area (Å²) in [4.78, 5) is 0.